The van der Waals surface area contributed by atoms with Crippen molar-refractivity contribution in [3.05, 3.63) is 58.9 Å². The highest BCUT2D eigenvalue weighted by atomic mass is 32.1. The Morgan fingerprint density at radius 1 is 1.12 bits per heavy atom. The van der Waals surface area contributed by atoms with Gasteiger partial charge in [-0.3, -0.25) is 19.3 Å². The number of carbonyl (C=O) groups excluding carboxylic acids is 3. The summed E-state index contributed by atoms with van der Waals surface area (Å²) in [6, 6.07) is 10.7. The zero-order chi connectivity index (χ0) is 23.1. The molecule has 2 aromatic heterocycles. The summed E-state index contributed by atoms with van der Waals surface area (Å²) in [5, 5.41) is 8.45. The molecule has 1 amide bonds. The molecule has 4 aromatic rings. The fraction of sp³-hybridized carbons (Fsp3) is 0.182. The Morgan fingerprint density at radius 2 is 1.94 bits per heavy atom. The molecule has 166 valence electrons. The van der Waals surface area contributed by atoms with E-state index in [1.807, 2.05) is 24.3 Å². The third-order valence-electron chi connectivity index (χ3n) is 5.21. The molecule has 1 aliphatic rings. The second-order valence-electron chi connectivity index (χ2n) is 7.26. The van der Waals surface area contributed by atoms with Gasteiger partial charge in [-0.15, -0.1) is 16.4 Å². The summed E-state index contributed by atoms with van der Waals surface area (Å²) >= 11 is 1.32. The molecule has 33 heavy (non-hydrogen) atoms. The zero-order valence-electron chi connectivity index (χ0n) is 17.6. The highest BCUT2D eigenvalue weighted by Crippen LogP contribution is 2.40. The average Bonchev–Trinajstić information content (AvgIpc) is 3.52. The van der Waals surface area contributed by atoms with Gasteiger partial charge in [0.25, 0.3) is 11.7 Å². The first kappa shape index (κ1) is 20.8. The molecule has 0 bridgehead atoms. The van der Waals surface area contributed by atoms with Crippen LogP contribution in [0.2, 0.25) is 0 Å². The molecule has 0 fully saturated rings. The van der Waals surface area contributed by atoms with Crippen LogP contribution in [0.1, 0.15) is 25.9 Å². The van der Waals surface area contributed by atoms with Crippen molar-refractivity contribution >= 4 is 44.7 Å². The molecule has 1 aliphatic heterocycles. The highest BCUT2D eigenvalue weighted by Gasteiger charge is 2.39. The molecule has 5 rings (SSSR count). The van der Waals surface area contributed by atoms with Crippen molar-refractivity contribution in [3.8, 4) is 11.5 Å². The summed E-state index contributed by atoms with van der Waals surface area (Å²) < 4.78 is 12.9. The lowest BCUT2D eigenvalue weighted by Gasteiger charge is -2.16. The van der Waals surface area contributed by atoms with Crippen molar-refractivity contribution in [1.82, 2.24) is 20.0 Å². The number of carbonyl (C=O) groups is 3. The van der Waals surface area contributed by atoms with Gasteiger partial charge in [-0.1, -0.05) is 17.3 Å². The van der Waals surface area contributed by atoms with Crippen LogP contribution in [0.15, 0.2) is 42.6 Å². The Hall–Kier alpha value is -4.12. The largest absolute Gasteiger partial charge is 0.497 e. The summed E-state index contributed by atoms with van der Waals surface area (Å²) in [5.74, 6) is -0.849. The predicted molar refractivity (Wildman–Crippen MR) is 119 cm³/mol. The molecule has 0 atom stereocenters. The number of rotatable bonds is 7. The Kier molecular flexibility index (Phi) is 5.09. The Balaban J connectivity index is 1.36. The number of hydrogen-bond acceptors (Lipinski definition) is 9. The number of fused-ring (bicyclic) bond motifs is 2. The molecular weight excluding hydrogens is 446 g/mol. The number of para-hydroxylation sites is 1. The van der Waals surface area contributed by atoms with Gasteiger partial charge in [0.15, 0.2) is 5.01 Å². The van der Waals surface area contributed by atoms with Crippen LogP contribution in [-0.2, 0) is 17.9 Å². The number of ketones is 2. The number of methoxy groups -OCH3 is 2. The van der Waals surface area contributed by atoms with Crippen LogP contribution >= 0.6 is 11.3 Å². The lowest BCUT2D eigenvalue weighted by molar-refractivity contribution is -0.114. The van der Waals surface area contributed by atoms with E-state index in [0.29, 0.717) is 22.1 Å². The van der Waals surface area contributed by atoms with Gasteiger partial charge >= 0.3 is 0 Å². The molecule has 2 aromatic carbocycles. The normalized spacial score (nSPS) is 13.0. The van der Waals surface area contributed by atoms with E-state index in [2.05, 4.69) is 15.3 Å². The number of amides is 1. The number of benzene rings is 2. The Bertz CT molecular complexity index is 1390. The molecule has 0 saturated heterocycles. The highest BCUT2D eigenvalue weighted by molar-refractivity contribution is 7.20. The van der Waals surface area contributed by atoms with Crippen molar-refractivity contribution in [2.24, 2.45) is 0 Å². The molecule has 0 radical (unpaired) electrons. The second kappa shape index (κ2) is 8.10. The topological polar surface area (TPSA) is 117 Å². The number of Topliss-reactive ketones (excluding diaryl/α,β-unsaturated/α-hetero) is 2. The fourth-order valence-electron chi connectivity index (χ4n) is 3.65. The monoisotopic (exact) mass is 463 g/mol. The van der Waals surface area contributed by atoms with Crippen LogP contribution in [0, 0.1) is 0 Å². The molecule has 3 heterocycles. The lowest BCUT2D eigenvalue weighted by atomic mass is 10.1. The first-order valence-corrected chi connectivity index (χ1v) is 10.7. The van der Waals surface area contributed by atoms with Gasteiger partial charge in [0, 0.05) is 12.1 Å². The van der Waals surface area contributed by atoms with Crippen molar-refractivity contribution in [2.75, 3.05) is 19.1 Å². The zero-order valence-corrected chi connectivity index (χ0v) is 18.5. The van der Waals surface area contributed by atoms with Gasteiger partial charge in [0.2, 0.25) is 5.78 Å². The van der Waals surface area contributed by atoms with E-state index in [9.17, 15) is 14.4 Å². The minimum absolute atomic E-state index is 0.00320. The first-order chi connectivity index (χ1) is 16.0. The maximum absolute atomic E-state index is 12.7. The summed E-state index contributed by atoms with van der Waals surface area (Å²) in [6.07, 6.45) is 1.57. The quantitative estimate of drug-likeness (QED) is 0.303. The predicted octanol–water partition coefficient (Wildman–Crippen LogP) is 2.52. The number of anilines is 1. The summed E-state index contributed by atoms with van der Waals surface area (Å²) in [5.41, 5.74) is 1.75. The van der Waals surface area contributed by atoms with E-state index in [1.165, 1.54) is 35.1 Å². The molecule has 0 saturated carbocycles. The average molecular weight is 463 g/mol. The van der Waals surface area contributed by atoms with Gasteiger partial charge in [0.05, 0.1) is 48.4 Å². The van der Waals surface area contributed by atoms with Gasteiger partial charge in [-0.2, -0.15) is 0 Å². The second-order valence-corrected chi connectivity index (χ2v) is 8.29. The third-order valence-corrected chi connectivity index (χ3v) is 6.29. The Labute approximate surface area is 191 Å². The minimum atomic E-state index is -0.698. The number of thiazole rings is 1. The molecule has 0 unspecified atom stereocenters. The van der Waals surface area contributed by atoms with Gasteiger partial charge in [0.1, 0.15) is 23.7 Å². The van der Waals surface area contributed by atoms with E-state index >= 15 is 0 Å². The Morgan fingerprint density at radius 3 is 2.70 bits per heavy atom. The van der Waals surface area contributed by atoms with Crippen LogP contribution in [0.25, 0.3) is 10.2 Å². The minimum Gasteiger partial charge on any atom is -0.497 e. The van der Waals surface area contributed by atoms with Crippen molar-refractivity contribution in [1.29, 1.82) is 0 Å². The number of aromatic nitrogens is 4. The van der Waals surface area contributed by atoms with Gasteiger partial charge in [-0.05, 0) is 12.1 Å². The molecule has 0 aliphatic carbocycles. The van der Waals surface area contributed by atoms with E-state index < -0.39 is 11.7 Å². The van der Waals surface area contributed by atoms with E-state index in [-0.39, 0.29) is 30.2 Å². The molecule has 0 spiro atoms. The van der Waals surface area contributed by atoms with Crippen LogP contribution < -0.4 is 14.4 Å². The van der Waals surface area contributed by atoms with Crippen molar-refractivity contribution in [2.45, 2.75) is 13.1 Å². The summed E-state index contributed by atoms with van der Waals surface area (Å²) in [7, 11) is 2.90. The number of hydrogen-bond donors (Lipinski definition) is 0. The maximum Gasteiger partial charge on any atom is 0.299 e. The summed E-state index contributed by atoms with van der Waals surface area (Å²) in [4.78, 5) is 43.5. The fourth-order valence-corrected chi connectivity index (χ4v) is 4.54. The SMILES string of the molecule is COc1cc(OC)c2c(c1)N(Cc1cn(CC(=O)c3nc4ccccc4s3)nn1)C(=O)C2=O. The van der Waals surface area contributed by atoms with Gasteiger partial charge < -0.3 is 9.47 Å². The van der Waals surface area contributed by atoms with E-state index in [4.69, 9.17) is 9.47 Å². The van der Waals surface area contributed by atoms with Crippen LogP contribution in [-0.4, -0.2) is 51.7 Å². The smallest absolute Gasteiger partial charge is 0.299 e. The van der Waals surface area contributed by atoms with Crippen LogP contribution in [0.3, 0.4) is 0 Å². The van der Waals surface area contributed by atoms with Gasteiger partial charge in [-0.25, -0.2) is 9.67 Å². The molecular formula is C22H17N5O5S. The third kappa shape index (κ3) is 3.61. The molecule has 10 nitrogen and oxygen atoms in total. The summed E-state index contributed by atoms with van der Waals surface area (Å²) in [6.45, 7) is -0.0405. The molecule has 11 heteroatoms. The van der Waals surface area contributed by atoms with Crippen LogP contribution in [0.4, 0.5) is 5.69 Å². The van der Waals surface area contributed by atoms with Crippen molar-refractivity contribution in [3.63, 3.8) is 0 Å². The number of ether oxygens (including phenoxy) is 2. The first-order valence-electron chi connectivity index (χ1n) is 9.88. The van der Waals surface area contributed by atoms with Crippen molar-refractivity contribution < 1.29 is 23.9 Å². The van der Waals surface area contributed by atoms with E-state index in [0.717, 1.165) is 10.2 Å². The standard InChI is InChI=1S/C22H17N5O5S/c1-31-13-7-15-19(17(8-13)32-2)20(29)22(30)27(15)10-12-9-26(25-24-12)11-16(28)21-23-14-5-3-4-6-18(14)33-21/h3-9H,10-11H2,1-2H3. The van der Waals surface area contributed by atoms with E-state index in [1.54, 1.807) is 18.3 Å². The number of nitrogens with zero attached hydrogens (tertiary/aromatic N) is 5. The van der Waals surface area contributed by atoms with Crippen LogP contribution in [0.5, 0.6) is 11.5 Å². The molecule has 0 N–H and O–H groups in total. The lowest BCUT2D eigenvalue weighted by Crippen LogP contribution is -2.29. The maximum atomic E-state index is 12.7.